The highest BCUT2D eigenvalue weighted by Crippen LogP contribution is 2.19. The fourth-order valence-corrected chi connectivity index (χ4v) is 1.87. The van der Waals surface area contributed by atoms with Crippen LogP contribution in [0.3, 0.4) is 0 Å². The van der Waals surface area contributed by atoms with Gasteiger partial charge >= 0.3 is 0 Å². The predicted octanol–water partition coefficient (Wildman–Crippen LogP) is 2.24. The molecule has 106 valence electrons. The number of nitrogens with two attached hydrogens (primary N) is 1. The summed E-state index contributed by atoms with van der Waals surface area (Å²) in [6.07, 6.45) is 0. The Kier molecular flexibility index (Phi) is 4.42. The topological polar surface area (TPSA) is 77.5 Å². The molecule has 5 heteroatoms. The summed E-state index contributed by atoms with van der Waals surface area (Å²) in [5.74, 6) is 1.34. The van der Waals surface area contributed by atoms with E-state index in [0.717, 1.165) is 11.3 Å². The normalized spacial score (nSPS) is 11.9. The van der Waals surface area contributed by atoms with Crippen molar-refractivity contribution in [3.63, 3.8) is 0 Å². The number of rotatable bonds is 5. The zero-order chi connectivity index (χ0) is 14.5. The van der Waals surface area contributed by atoms with Gasteiger partial charge in [0.1, 0.15) is 11.5 Å². The highest BCUT2D eigenvalue weighted by molar-refractivity contribution is 5.91. The quantitative estimate of drug-likeness (QED) is 0.876. The molecule has 3 N–H and O–H groups in total. The molecule has 0 fully saturated rings. The van der Waals surface area contributed by atoms with Crippen molar-refractivity contribution in [2.24, 2.45) is 5.73 Å². The van der Waals surface area contributed by atoms with Gasteiger partial charge in [0.15, 0.2) is 5.76 Å². The number of nitrogens with one attached hydrogen (secondary N) is 1. The first-order valence-corrected chi connectivity index (χ1v) is 6.37. The molecule has 2 rings (SSSR count). The Bertz CT molecular complexity index is 592. The molecule has 1 aromatic carbocycles. The first-order valence-electron chi connectivity index (χ1n) is 6.37. The lowest BCUT2D eigenvalue weighted by Gasteiger charge is -2.14. The minimum atomic E-state index is -0.264. The molecule has 0 aliphatic carbocycles. The van der Waals surface area contributed by atoms with Crippen LogP contribution in [0.2, 0.25) is 0 Å². The van der Waals surface area contributed by atoms with E-state index in [1.54, 1.807) is 19.2 Å². The van der Waals surface area contributed by atoms with Crippen LogP contribution in [0.5, 0.6) is 5.75 Å². The highest BCUT2D eigenvalue weighted by Gasteiger charge is 2.15. The molecular formula is C15H18N2O3. The molecule has 2 aromatic rings. The van der Waals surface area contributed by atoms with Crippen molar-refractivity contribution >= 4 is 5.91 Å². The fourth-order valence-electron chi connectivity index (χ4n) is 1.87. The molecule has 1 aromatic heterocycles. The van der Waals surface area contributed by atoms with E-state index in [9.17, 15) is 4.79 Å². The first-order chi connectivity index (χ1) is 9.63. The van der Waals surface area contributed by atoms with E-state index in [1.165, 1.54) is 0 Å². The van der Waals surface area contributed by atoms with Gasteiger partial charge in [-0.3, -0.25) is 4.79 Å². The fraction of sp³-hybridized carbons (Fsp3) is 0.267. The molecule has 0 spiro atoms. The maximum atomic E-state index is 12.0. The summed E-state index contributed by atoms with van der Waals surface area (Å²) in [6, 6.07) is 10.7. The average Bonchev–Trinajstić information content (AvgIpc) is 2.96. The van der Waals surface area contributed by atoms with Crippen LogP contribution in [0.4, 0.5) is 0 Å². The van der Waals surface area contributed by atoms with Gasteiger partial charge in [0, 0.05) is 0 Å². The van der Waals surface area contributed by atoms with Gasteiger partial charge in [-0.25, -0.2) is 0 Å². The largest absolute Gasteiger partial charge is 0.497 e. The van der Waals surface area contributed by atoms with E-state index in [-0.39, 0.29) is 24.3 Å². The summed E-state index contributed by atoms with van der Waals surface area (Å²) in [7, 11) is 1.61. The molecule has 0 bridgehead atoms. The molecule has 0 saturated carbocycles. The number of benzene rings is 1. The summed E-state index contributed by atoms with van der Waals surface area (Å²) in [5.41, 5.74) is 6.41. The van der Waals surface area contributed by atoms with Crippen LogP contribution in [0, 0.1) is 0 Å². The van der Waals surface area contributed by atoms with Crippen LogP contribution in [0.1, 0.15) is 34.8 Å². The Morgan fingerprint density at radius 1 is 1.40 bits per heavy atom. The molecule has 1 heterocycles. The molecule has 1 amide bonds. The van der Waals surface area contributed by atoms with Crippen LogP contribution < -0.4 is 15.8 Å². The second kappa shape index (κ2) is 6.25. The lowest BCUT2D eigenvalue weighted by atomic mass is 10.1. The zero-order valence-electron chi connectivity index (χ0n) is 11.6. The van der Waals surface area contributed by atoms with Gasteiger partial charge < -0.3 is 20.2 Å². The maximum absolute atomic E-state index is 12.0. The Labute approximate surface area is 117 Å². The van der Waals surface area contributed by atoms with Gasteiger partial charge in [-0.1, -0.05) is 12.1 Å². The highest BCUT2D eigenvalue weighted by atomic mass is 16.5. The van der Waals surface area contributed by atoms with E-state index in [0.29, 0.717) is 5.76 Å². The number of ether oxygens (including phenoxy) is 1. The maximum Gasteiger partial charge on any atom is 0.287 e. The van der Waals surface area contributed by atoms with Crippen molar-refractivity contribution in [2.75, 3.05) is 7.11 Å². The van der Waals surface area contributed by atoms with Crippen LogP contribution in [0.25, 0.3) is 0 Å². The zero-order valence-corrected chi connectivity index (χ0v) is 11.6. The first kappa shape index (κ1) is 14.1. The minimum absolute atomic E-state index is 0.149. The van der Waals surface area contributed by atoms with E-state index in [4.69, 9.17) is 14.9 Å². The Balaban J connectivity index is 2.06. The van der Waals surface area contributed by atoms with Gasteiger partial charge in [0.05, 0.1) is 19.7 Å². The lowest BCUT2D eigenvalue weighted by Crippen LogP contribution is -2.26. The SMILES string of the molecule is COc1cccc([C@H](C)NC(=O)c2ccc(CN)o2)c1. The summed E-state index contributed by atoms with van der Waals surface area (Å²) in [4.78, 5) is 12.0. The van der Waals surface area contributed by atoms with E-state index >= 15 is 0 Å². The lowest BCUT2D eigenvalue weighted by molar-refractivity contribution is 0.0910. The standard InChI is InChI=1S/C15H18N2O3/c1-10(11-4-3-5-12(8-11)19-2)17-15(18)14-7-6-13(9-16)20-14/h3-8,10H,9,16H2,1-2H3,(H,17,18)/t10-/m0/s1. The van der Waals surface area contributed by atoms with Crippen LogP contribution in [-0.4, -0.2) is 13.0 Å². The van der Waals surface area contributed by atoms with Crippen LogP contribution in [-0.2, 0) is 6.54 Å². The molecule has 20 heavy (non-hydrogen) atoms. The average molecular weight is 274 g/mol. The van der Waals surface area contributed by atoms with Gasteiger partial charge in [0.2, 0.25) is 0 Å². The number of carbonyl (C=O) groups excluding carboxylic acids is 1. The van der Waals surface area contributed by atoms with E-state index in [2.05, 4.69) is 5.32 Å². The third-order valence-corrected chi connectivity index (χ3v) is 3.03. The molecule has 0 aliphatic rings. The molecule has 1 atom stereocenters. The molecule has 0 saturated heterocycles. The molecule has 5 nitrogen and oxygen atoms in total. The minimum Gasteiger partial charge on any atom is -0.497 e. The molecule has 0 aliphatic heterocycles. The number of furan rings is 1. The number of carbonyl (C=O) groups is 1. The number of amides is 1. The molecular weight excluding hydrogens is 256 g/mol. The van der Waals surface area contributed by atoms with Crippen molar-refractivity contribution in [1.29, 1.82) is 0 Å². The monoisotopic (exact) mass is 274 g/mol. The Morgan fingerprint density at radius 3 is 2.85 bits per heavy atom. The third kappa shape index (κ3) is 3.19. The smallest absolute Gasteiger partial charge is 0.287 e. The number of hydrogen-bond donors (Lipinski definition) is 2. The summed E-state index contributed by atoms with van der Waals surface area (Å²) >= 11 is 0. The summed E-state index contributed by atoms with van der Waals surface area (Å²) in [5, 5.41) is 2.87. The summed E-state index contributed by atoms with van der Waals surface area (Å²) in [6.45, 7) is 2.18. The summed E-state index contributed by atoms with van der Waals surface area (Å²) < 4.78 is 10.5. The second-order valence-corrected chi connectivity index (χ2v) is 4.44. The van der Waals surface area contributed by atoms with Crippen LogP contribution >= 0.6 is 0 Å². The van der Waals surface area contributed by atoms with E-state index in [1.807, 2.05) is 31.2 Å². The van der Waals surface area contributed by atoms with Crippen molar-refractivity contribution in [2.45, 2.75) is 19.5 Å². The van der Waals surface area contributed by atoms with Crippen molar-refractivity contribution in [1.82, 2.24) is 5.32 Å². The van der Waals surface area contributed by atoms with E-state index < -0.39 is 0 Å². The third-order valence-electron chi connectivity index (χ3n) is 3.03. The van der Waals surface area contributed by atoms with Crippen molar-refractivity contribution in [3.05, 3.63) is 53.5 Å². The van der Waals surface area contributed by atoms with Crippen molar-refractivity contribution in [3.8, 4) is 5.75 Å². The van der Waals surface area contributed by atoms with Crippen LogP contribution in [0.15, 0.2) is 40.8 Å². The van der Waals surface area contributed by atoms with Gasteiger partial charge in [-0.05, 0) is 36.8 Å². The Morgan fingerprint density at radius 2 is 2.20 bits per heavy atom. The number of hydrogen-bond acceptors (Lipinski definition) is 4. The Hall–Kier alpha value is -2.27. The molecule has 0 unspecified atom stereocenters. The second-order valence-electron chi connectivity index (χ2n) is 4.44. The molecule has 0 radical (unpaired) electrons. The predicted molar refractivity (Wildman–Crippen MR) is 75.5 cm³/mol. The number of methoxy groups -OCH3 is 1. The van der Waals surface area contributed by atoms with Gasteiger partial charge in [-0.2, -0.15) is 0 Å². The van der Waals surface area contributed by atoms with Crippen molar-refractivity contribution < 1.29 is 13.9 Å². The van der Waals surface area contributed by atoms with Gasteiger partial charge in [0.25, 0.3) is 5.91 Å². The van der Waals surface area contributed by atoms with Gasteiger partial charge in [-0.15, -0.1) is 0 Å².